The first kappa shape index (κ1) is 33.2. The lowest BCUT2D eigenvalue weighted by atomic mass is 9.84. The molecule has 3 saturated heterocycles. The van der Waals surface area contributed by atoms with E-state index in [2.05, 4.69) is 5.32 Å². The molecule has 1 saturated carbocycles. The molecule has 0 amide bonds. The molecule has 2 unspecified atom stereocenters. The van der Waals surface area contributed by atoms with Crippen LogP contribution in [0.5, 0.6) is 0 Å². The number of rotatable bonds is 10. The average molecular weight is 598 g/mol. The van der Waals surface area contributed by atoms with Crippen LogP contribution in [-0.4, -0.2) is 162 Å². The largest absolute Gasteiger partial charge is 0.396 e. The highest BCUT2D eigenvalue weighted by Crippen LogP contribution is 2.35. The number of ether oxygens (including phenoxy) is 6. The highest BCUT2D eigenvalue weighted by atomic mass is 16.8. The maximum Gasteiger partial charge on any atom is 0.189 e. The highest BCUT2D eigenvalue weighted by molar-refractivity contribution is 5.02. The molecule has 3 heterocycles. The van der Waals surface area contributed by atoms with Crippen LogP contribution in [0.25, 0.3) is 0 Å². The summed E-state index contributed by atoms with van der Waals surface area (Å²) >= 11 is 0. The zero-order chi connectivity index (χ0) is 30.0. The van der Waals surface area contributed by atoms with Gasteiger partial charge in [-0.2, -0.15) is 0 Å². The Balaban J connectivity index is 1.44. The van der Waals surface area contributed by atoms with E-state index in [0.29, 0.717) is 6.42 Å². The third-order valence-electron chi connectivity index (χ3n) is 8.33. The Morgan fingerprint density at radius 3 is 2.15 bits per heavy atom. The SMILES string of the molecule is CN[C@@H]1[C@@H](O[C@H]2O[C@H](CO)[C@@H](N)[C@H](O)[C@H]2O)OC2C[C@@H](N)[C@@H](O[C@H]3[C@H](OCCCO)[C@@H](O)[C@H](N)C[C@@H]3N)OC2[C@@H]1O. The summed E-state index contributed by atoms with van der Waals surface area (Å²) in [6, 6.07) is -3.90. The summed E-state index contributed by atoms with van der Waals surface area (Å²) in [4.78, 5) is 0. The van der Waals surface area contributed by atoms with E-state index < -0.39 is 111 Å². The summed E-state index contributed by atoms with van der Waals surface area (Å²) in [6.45, 7) is -0.452. The zero-order valence-electron chi connectivity index (χ0n) is 23.0. The van der Waals surface area contributed by atoms with E-state index in [4.69, 9.17) is 56.5 Å². The van der Waals surface area contributed by atoms with E-state index in [1.807, 2.05) is 0 Å². The van der Waals surface area contributed by atoms with Crippen molar-refractivity contribution in [2.45, 2.75) is 123 Å². The smallest absolute Gasteiger partial charge is 0.189 e. The fourth-order valence-corrected chi connectivity index (χ4v) is 5.91. The molecular weight excluding hydrogens is 550 g/mol. The standard InChI is InChI=1S/C24H47N5O12/c1-29-14-17(34)20-11(37-23(14)41-24-18(35)16(33)13(28)12(7-31)38-24)6-10(27)22(40-20)39-19-9(26)5-8(25)15(32)21(19)36-4-2-3-30/h8-24,29-35H,2-7,25-28H2,1H3/t8-,9+,10-,11?,12-,13-,14+,15+,16+,17-,18-,19-,20?,21-,22+,23-,24-/m1/s1. The summed E-state index contributed by atoms with van der Waals surface area (Å²) in [5, 5.41) is 64.3. The second kappa shape index (κ2) is 14.4. The molecule has 15 N–H and O–H groups in total. The minimum Gasteiger partial charge on any atom is -0.396 e. The lowest BCUT2D eigenvalue weighted by Crippen LogP contribution is -2.70. The number of aliphatic hydroxyl groups excluding tert-OH is 6. The molecule has 3 aliphatic heterocycles. The molecule has 41 heavy (non-hydrogen) atoms. The number of nitrogens with two attached hydrogens (primary N) is 4. The van der Waals surface area contributed by atoms with Gasteiger partial charge in [0.1, 0.15) is 42.7 Å². The summed E-state index contributed by atoms with van der Waals surface area (Å²) in [6.07, 6.45) is -12.5. The van der Waals surface area contributed by atoms with Crippen molar-refractivity contribution in [1.29, 1.82) is 0 Å². The molecule has 4 aliphatic rings. The zero-order valence-corrected chi connectivity index (χ0v) is 23.0. The summed E-state index contributed by atoms with van der Waals surface area (Å²) in [5.74, 6) is 0. The van der Waals surface area contributed by atoms with Crippen LogP contribution < -0.4 is 28.3 Å². The second-order valence-electron chi connectivity index (χ2n) is 11.2. The van der Waals surface area contributed by atoms with Crippen molar-refractivity contribution in [3.8, 4) is 0 Å². The molecule has 0 spiro atoms. The average Bonchev–Trinajstić information content (AvgIpc) is 2.94. The minimum absolute atomic E-state index is 0.0939. The highest BCUT2D eigenvalue weighted by Gasteiger charge is 2.54. The van der Waals surface area contributed by atoms with Gasteiger partial charge in [-0.3, -0.25) is 0 Å². The van der Waals surface area contributed by atoms with Crippen LogP contribution in [0.2, 0.25) is 0 Å². The third kappa shape index (κ3) is 7.02. The Morgan fingerprint density at radius 1 is 0.756 bits per heavy atom. The summed E-state index contributed by atoms with van der Waals surface area (Å²) < 4.78 is 35.6. The monoisotopic (exact) mass is 597 g/mol. The second-order valence-corrected chi connectivity index (χ2v) is 11.2. The van der Waals surface area contributed by atoms with Crippen LogP contribution in [0, 0.1) is 0 Å². The molecular formula is C24H47N5O12. The van der Waals surface area contributed by atoms with Crippen molar-refractivity contribution in [1.82, 2.24) is 5.32 Å². The molecule has 4 fully saturated rings. The first-order valence-electron chi connectivity index (χ1n) is 14.0. The lowest BCUT2D eigenvalue weighted by molar-refractivity contribution is -0.373. The van der Waals surface area contributed by atoms with Crippen molar-refractivity contribution >= 4 is 0 Å². The van der Waals surface area contributed by atoms with Crippen molar-refractivity contribution in [2.75, 3.05) is 26.9 Å². The topological polar surface area (TPSA) is 293 Å². The van der Waals surface area contributed by atoms with E-state index in [1.54, 1.807) is 7.05 Å². The predicted molar refractivity (Wildman–Crippen MR) is 138 cm³/mol. The Bertz CT molecular complexity index is 819. The molecule has 17 nitrogen and oxygen atoms in total. The molecule has 0 aromatic carbocycles. The van der Waals surface area contributed by atoms with Crippen LogP contribution >= 0.6 is 0 Å². The minimum atomic E-state index is -1.54. The molecule has 4 rings (SSSR count). The quantitative estimate of drug-likeness (QED) is 0.104. The molecule has 0 radical (unpaired) electrons. The molecule has 0 bridgehead atoms. The third-order valence-corrected chi connectivity index (χ3v) is 8.33. The van der Waals surface area contributed by atoms with Crippen LogP contribution in [-0.2, 0) is 28.4 Å². The van der Waals surface area contributed by atoms with Crippen molar-refractivity contribution in [2.24, 2.45) is 22.9 Å². The molecule has 0 aromatic rings. The maximum atomic E-state index is 11.3. The van der Waals surface area contributed by atoms with E-state index >= 15 is 0 Å². The van der Waals surface area contributed by atoms with Gasteiger partial charge in [0.05, 0.1) is 36.9 Å². The normalized spacial score (nSPS) is 50.9. The number of hydrogen-bond donors (Lipinski definition) is 11. The fraction of sp³-hybridized carbons (Fsp3) is 1.00. The van der Waals surface area contributed by atoms with Gasteiger partial charge >= 0.3 is 0 Å². The van der Waals surface area contributed by atoms with E-state index in [9.17, 15) is 25.5 Å². The van der Waals surface area contributed by atoms with Gasteiger partial charge in [-0.05, 0) is 26.3 Å². The van der Waals surface area contributed by atoms with E-state index in [-0.39, 0.29) is 26.1 Å². The van der Waals surface area contributed by atoms with Crippen molar-refractivity contribution < 1.29 is 59.1 Å². The Kier molecular flexibility index (Phi) is 11.7. The van der Waals surface area contributed by atoms with Gasteiger partial charge < -0.3 is 87.3 Å². The van der Waals surface area contributed by atoms with Gasteiger partial charge in [0.15, 0.2) is 18.9 Å². The molecule has 240 valence electrons. The lowest BCUT2D eigenvalue weighted by Gasteiger charge is -2.51. The van der Waals surface area contributed by atoms with E-state index in [0.717, 1.165) is 0 Å². The molecule has 17 atom stereocenters. The first-order chi connectivity index (χ1) is 19.5. The van der Waals surface area contributed by atoms with Crippen molar-refractivity contribution in [3.63, 3.8) is 0 Å². The Morgan fingerprint density at radius 2 is 1.49 bits per heavy atom. The predicted octanol–water partition coefficient (Wildman–Crippen LogP) is -6.54. The first-order valence-corrected chi connectivity index (χ1v) is 14.0. The fourth-order valence-electron chi connectivity index (χ4n) is 5.91. The van der Waals surface area contributed by atoms with Gasteiger partial charge in [-0.25, -0.2) is 0 Å². The number of aliphatic hydroxyl groups is 6. The van der Waals surface area contributed by atoms with Crippen LogP contribution in [0.3, 0.4) is 0 Å². The van der Waals surface area contributed by atoms with Gasteiger partial charge in [-0.1, -0.05) is 0 Å². The molecule has 17 heteroatoms. The van der Waals surface area contributed by atoms with Gasteiger partial charge in [0.25, 0.3) is 0 Å². The summed E-state index contributed by atoms with van der Waals surface area (Å²) in [5.41, 5.74) is 24.6. The molecule has 1 aliphatic carbocycles. The van der Waals surface area contributed by atoms with Gasteiger partial charge in [-0.15, -0.1) is 0 Å². The summed E-state index contributed by atoms with van der Waals surface area (Å²) in [7, 11) is 1.57. The van der Waals surface area contributed by atoms with Crippen LogP contribution in [0.15, 0.2) is 0 Å². The van der Waals surface area contributed by atoms with Crippen molar-refractivity contribution in [3.05, 3.63) is 0 Å². The molecule has 0 aromatic heterocycles. The Labute approximate surface area is 237 Å². The number of fused-ring (bicyclic) bond motifs is 1. The van der Waals surface area contributed by atoms with Gasteiger partial charge in [0.2, 0.25) is 0 Å². The number of hydrogen-bond acceptors (Lipinski definition) is 17. The Hall–Kier alpha value is -0.680. The van der Waals surface area contributed by atoms with Crippen LogP contribution in [0.4, 0.5) is 0 Å². The van der Waals surface area contributed by atoms with Gasteiger partial charge in [0, 0.05) is 25.3 Å². The van der Waals surface area contributed by atoms with Crippen LogP contribution in [0.1, 0.15) is 19.3 Å². The maximum absolute atomic E-state index is 11.3. The number of likely N-dealkylation sites (N-methyl/N-ethyl adjacent to an activating group) is 1. The number of nitrogens with one attached hydrogen (secondary N) is 1. The van der Waals surface area contributed by atoms with E-state index in [1.165, 1.54) is 0 Å².